The molecule has 0 aliphatic heterocycles. The molecule has 0 bridgehead atoms. The van der Waals surface area contributed by atoms with Crippen molar-refractivity contribution in [3.05, 3.63) is 0 Å². The monoisotopic (exact) mass is 148 g/mol. The lowest BCUT2D eigenvalue weighted by Gasteiger charge is -2.05. The van der Waals surface area contributed by atoms with Gasteiger partial charge in [-0.05, 0) is 0 Å². The van der Waals surface area contributed by atoms with E-state index < -0.39 is 0 Å². The van der Waals surface area contributed by atoms with Crippen LogP contribution in [0.25, 0.3) is 0 Å². The molecule has 64 valence electrons. The second-order valence-electron chi connectivity index (χ2n) is 2.12. The van der Waals surface area contributed by atoms with E-state index in [-0.39, 0.29) is 0 Å². The van der Waals surface area contributed by atoms with E-state index in [1.165, 1.54) is 38.5 Å². The maximum absolute atomic E-state index is 7.00. The molecule has 0 atom stereocenters. The van der Waals surface area contributed by atoms with Crippen molar-refractivity contribution in [1.29, 1.82) is 0 Å². The molecule has 0 amide bonds. The van der Waals surface area contributed by atoms with Gasteiger partial charge in [-0.3, -0.25) is 0 Å². The van der Waals surface area contributed by atoms with Gasteiger partial charge in [-0.1, -0.05) is 38.5 Å². The van der Waals surface area contributed by atoms with Gasteiger partial charge in [0.15, 0.2) is 0 Å². The molecule has 2 N–H and O–H groups in total. The maximum Gasteiger partial charge on any atom is 0.0319 e. The summed E-state index contributed by atoms with van der Waals surface area (Å²) in [5, 5.41) is 14.0. The first kappa shape index (κ1) is 12.6. The van der Waals surface area contributed by atoms with Gasteiger partial charge in [0, 0.05) is 14.2 Å². The second-order valence-corrected chi connectivity index (χ2v) is 2.12. The van der Waals surface area contributed by atoms with Crippen LogP contribution in [0.3, 0.4) is 0 Å². The fourth-order valence-electron chi connectivity index (χ4n) is 1.06. The van der Waals surface area contributed by atoms with E-state index in [1.54, 1.807) is 0 Å². The summed E-state index contributed by atoms with van der Waals surface area (Å²) in [6, 6.07) is 0. The van der Waals surface area contributed by atoms with Crippen molar-refractivity contribution in [3.8, 4) is 0 Å². The predicted octanol–water partition coefficient (Wildman–Crippen LogP) is 1.56. The zero-order valence-electron chi connectivity index (χ0n) is 7.14. The average Bonchev–Trinajstić information content (AvgIpc) is 2.14. The summed E-state index contributed by atoms with van der Waals surface area (Å²) in [6.07, 6.45) is 9.00. The first-order valence-corrected chi connectivity index (χ1v) is 3.89. The van der Waals surface area contributed by atoms with Gasteiger partial charge in [0.05, 0.1) is 0 Å². The lowest BCUT2D eigenvalue weighted by molar-refractivity contribution is 0.399. The van der Waals surface area contributed by atoms with Crippen LogP contribution in [-0.2, 0) is 0 Å². The molecule has 10 heavy (non-hydrogen) atoms. The van der Waals surface area contributed by atoms with Crippen molar-refractivity contribution in [3.63, 3.8) is 0 Å². The Morgan fingerprint density at radius 2 is 0.600 bits per heavy atom. The van der Waals surface area contributed by atoms with Crippen molar-refractivity contribution in [1.82, 2.24) is 0 Å². The van der Waals surface area contributed by atoms with Crippen molar-refractivity contribution in [2.45, 2.75) is 38.5 Å². The molecule has 1 saturated carbocycles. The highest BCUT2D eigenvalue weighted by molar-refractivity contribution is 4.51. The smallest absolute Gasteiger partial charge is 0.0319 e. The van der Waals surface area contributed by atoms with E-state index in [0.717, 1.165) is 14.2 Å². The molecule has 0 aromatic carbocycles. The highest BCUT2D eigenvalue weighted by Gasteiger charge is 1.95. The van der Waals surface area contributed by atoms with Crippen LogP contribution in [0, 0.1) is 0 Å². The van der Waals surface area contributed by atoms with Gasteiger partial charge >= 0.3 is 0 Å². The Bertz CT molecular complexity index is 22.7. The Balaban J connectivity index is 0. The Kier molecular flexibility index (Phi) is 20.1. The van der Waals surface area contributed by atoms with Crippen LogP contribution in [0.5, 0.6) is 0 Å². The molecule has 0 radical (unpaired) electrons. The van der Waals surface area contributed by atoms with Crippen molar-refractivity contribution in [2.24, 2.45) is 0 Å². The molecule has 0 unspecified atom stereocenters. The van der Waals surface area contributed by atoms with Crippen molar-refractivity contribution >= 4 is 0 Å². The highest BCUT2D eigenvalue weighted by atomic mass is 16.2. The van der Waals surface area contributed by atoms with Gasteiger partial charge in [0.25, 0.3) is 0 Å². The standard InChI is InChI=1S/C6H12.2CH4O/c1-2-4-6-5-3-1;2*1-2/h1-6H2;2*2H,1H3. The van der Waals surface area contributed by atoms with Gasteiger partial charge in [0.1, 0.15) is 0 Å². The highest BCUT2D eigenvalue weighted by Crippen LogP contribution is 2.15. The lowest BCUT2D eigenvalue weighted by Crippen LogP contribution is -1.85. The van der Waals surface area contributed by atoms with Gasteiger partial charge in [-0.2, -0.15) is 0 Å². The Labute approximate surface area is 63.9 Å². The topological polar surface area (TPSA) is 40.5 Å². The molecule has 2 nitrogen and oxygen atoms in total. The normalized spacial score (nSPS) is 15.6. The van der Waals surface area contributed by atoms with Crippen LogP contribution in [0.4, 0.5) is 0 Å². The summed E-state index contributed by atoms with van der Waals surface area (Å²) in [7, 11) is 2.00. The summed E-state index contributed by atoms with van der Waals surface area (Å²) in [4.78, 5) is 0. The largest absolute Gasteiger partial charge is 0.400 e. The van der Waals surface area contributed by atoms with E-state index in [0.29, 0.717) is 0 Å². The van der Waals surface area contributed by atoms with Gasteiger partial charge < -0.3 is 10.2 Å². The van der Waals surface area contributed by atoms with E-state index in [1.807, 2.05) is 0 Å². The van der Waals surface area contributed by atoms with Gasteiger partial charge in [-0.15, -0.1) is 0 Å². The van der Waals surface area contributed by atoms with Crippen LogP contribution in [0.15, 0.2) is 0 Å². The summed E-state index contributed by atoms with van der Waals surface area (Å²) >= 11 is 0. The first-order valence-electron chi connectivity index (χ1n) is 3.89. The quantitative estimate of drug-likeness (QED) is 0.547. The molecule has 0 heterocycles. The maximum atomic E-state index is 7.00. The van der Waals surface area contributed by atoms with Crippen LogP contribution >= 0.6 is 0 Å². The van der Waals surface area contributed by atoms with Crippen LogP contribution in [0.1, 0.15) is 38.5 Å². The number of aliphatic hydroxyl groups excluding tert-OH is 2. The molecule has 1 aliphatic carbocycles. The average molecular weight is 148 g/mol. The fourth-order valence-corrected chi connectivity index (χ4v) is 1.06. The Hall–Kier alpha value is -0.0800. The van der Waals surface area contributed by atoms with Crippen molar-refractivity contribution in [2.75, 3.05) is 14.2 Å². The minimum Gasteiger partial charge on any atom is -0.400 e. The summed E-state index contributed by atoms with van der Waals surface area (Å²) in [6.45, 7) is 0. The third-order valence-electron chi connectivity index (χ3n) is 1.50. The first-order chi connectivity index (χ1) is 5.00. The minimum absolute atomic E-state index is 1.00. The summed E-state index contributed by atoms with van der Waals surface area (Å²) < 4.78 is 0. The number of aliphatic hydroxyl groups is 2. The number of rotatable bonds is 0. The van der Waals surface area contributed by atoms with Crippen LogP contribution in [-0.4, -0.2) is 24.4 Å². The van der Waals surface area contributed by atoms with Crippen molar-refractivity contribution < 1.29 is 10.2 Å². The molecule has 0 saturated heterocycles. The molecule has 0 aromatic heterocycles. The molecule has 2 heteroatoms. The molecular formula is C8H20O2. The third-order valence-corrected chi connectivity index (χ3v) is 1.50. The van der Waals surface area contributed by atoms with Crippen LogP contribution < -0.4 is 0 Å². The predicted molar refractivity (Wildman–Crippen MR) is 44.0 cm³/mol. The summed E-state index contributed by atoms with van der Waals surface area (Å²) in [5.74, 6) is 0. The molecular weight excluding hydrogens is 128 g/mol. The minimum atomic E-state index is 1.00. The third kappa shape index (κ3) is 10.8. The fraction of sp³-hybridized carbons (Fsp3) is 1.00. The van der Waals surface area contributed by atoms with E-state index in [4.69, 9.17) is 10.2 Å². The van der Waals surface area contributed by atoms with Crippen LogP contribution in [0.2, 0.25) is 0 Å². The Morgan fingerprint density at radius 1 is 0.500 bits per heavy atom. The SMILES string of the molecule is C1CCCCC1.CO.CO. The molecule has 1 aliphatic rings. The number of hydrogen-bond acceptors (Lipinski definition) is 2. The van der Waals surface area contributed by atoms with Gasteiger partial charge in [-0.25, -0.2) is 0 Å². The molecule has 0 spiro atoms. The number of hydrogen-bond donors (Lipinski definition) is 2. The zero-order chi connectivity index (χ0) is 8.24. The lowest BCUT2D eigenvalue weighted by atomic mass is 10.0. The molecule has 1 rings (SSSR count). The van der Waals surface area contributed by atoms with Gasteiger partial charge in [0.2, 0.25) is 0 Å². The summed E-state index contributed by atoms with van der Waals surface area (Å²) in [5.41, 5.74) is 0. The molecule has 1 fully saturated rings. The molecule has 0 aromatic rings. The second kappa shape index (κ2) is 16.0. The van der Waals surface area contributed by atoms with E-state index in [2.05, 4.69) is 0 Å². The van der Waals surface area contributed by atoms with E-state index >= 15 is 0 Å². The van der Waals surface area contributed by atoms with E-state index in [9.17, 15) is 0 Å². The zero-order valence-corrected chi connectivity index (χ0v) is 7.14. The Morgan fingerprint density at radius 3 is 0.700 bits per heavy atom.